The number of rotatable bonds is 6. The van der Waals surface area contributed by atoms with Gasteiger partial charge in [0.05, 0.1) is 5.75 Å². The molecule has 134 valence electrons. The van der Waals surface area contributed by atoms with E-state index in [4.69, 9.17) is 0 Å². The average Bonchev–Trinajstić information content (AvgIpc) is 3.04. The quantitative estimate of drug-likeness (QED) is 0.530. The monoisotopic (exact) mass is 369 g/mol. The van der Waals surface area contributed by atoms with Crippen LogP contribution < -0.4 is 5.32 Å². The molecule has 0 saturated carbocycles. The van der Waals surface area contributed by atoms with Crippen LogP contribution in [-0.4, -0.2) is 37.3 Å². The van der Waals surface area contributed by atoms with Crippen molar-refractivity contribution in [2.75, 3.05) is 11.1 Å². The SMILES string of the molecule is CC(=O)c1ccc(NC(=O)CSc2ccc3nnc(C(C)C)n3n2)cc1. The van der Waals surface area contributed by atoms with E-state index >= 15 is 0 Å². The van der Waals surface area contributed by atoms with Crippen LogP contribution >= 0.6 is 11.8 Å². The van der Waals surface area contributed by atoms with Gasteiger partial charge in [-0.15, -0.1) is 10.2 Å². The molecular weight excluding hydrogens is 350 g/mol. The number of Topliss-reactive ketones (excluding diaryl/α,β-unsaturated/α-hetero) is 1. The van der Waals surface area contributed by atoms with Crippen molar-refractivity contribution in [3.8, 4) is 0 Å². The number of hydrogen-bond acceptors (Lipinski definition) is 6. The molecule has 1 amide bonds. The molecule has 0 aliphatic carbocycles. The Balaban J connectivity index is 1.63. The van der Waals surface area contributed by atoms with Gasteiger partial charge in [-0.3, -0.25) is 9.59 Å². The minimum absolute atomic E-state index is 0.00495. The summed E-state index contributed by atoms with van der Waals surface area (Å²) in [6, 6.07) is 10.5. The number of fused-ring (bicyclic) bond motifs is 1. The number of anilines is 1. The van der Waals surface area contributed by atoms with Gasteiger partial charge < -0.3 is 5.32 Å². The third kappa shape index (κ3) is 4.08. The Morgan fingerprint density at radius 2 is 1.85 bits per heavy atom. The molecule has 0 saturated heterocycles. The van der Waals surface area contributed by atoms with E-state index in [1.165, 1.54) is 18.7 Å². The van der Waals surface area contributed by atoms with Gasteiger partial charge in [-0.05, 0) is 43.3 Å². The number of carbonyl (C=O) groups is 2. The van der Waals surface area contributed by atoms with E-state index < -0.39 is 0 Å². The molecule has 26 heavy (non-hydrogen) atoms. The lowest BCUT2D eigenvalue weighted by Gasteiger charge is -2.06. The van der Waals surface area contributed by atoms with Gasteiger partial charge in [0.15, 0.2) is 17.3 Å². The first-order valence-electron chi connectivity index (χ1n) is 8.20. The maximum atomic E-state index is 12.1. The van der Waals surface area contributed by atoms with Gasteiger partial charge in [0.1, 0.15) is 5.03 Å². The van der Waals surface area contributed by atoms with Crippen LogP contribution in [0.1, 0.15) is 42.9 Å². The van der Waals surface area contributed by atoms with Gasteiger partial charge in [-0.25, -0.2) is 0 Å². The molecule has 0 atom stereocenters. The van der Waals surface area contributed by atoms with Gasteiger partial charge in [0.25, 0.3) is 0 Å². The van der Waals surface area contributed by atoms with Crippen molar-refractivity contribution < 1.29 is 9.59 Å². The number of amides is 1. The lowest BCUT2D eigenvalue weighted by molar-refractivity contribution is -0.113. The van der Waals surface area contributed by atoms with Gasteiger partial charge in [-0.2, -0.15) is 9.61 Å². The molecular formula is C18H19N5O2S. The number of benzene rings is 1. The Labute approximate surface area is 155 Å². The van der Waals surface area contributed by atoms with Gasteiger partial charge in [0, 0.05) is 17.2 Å². The summed E-state index contributed by atoms with van der Waals surface area (Å²) in [5.74, 6) is 1.08. The first-order chi connectivity index (χ1) is 12.4. The first-order valence-corrected chi connectivity index (χ1v) is 9.18. The van der Waals surface area contributed by atoms with E-state index in [9.17, 15) is 9.59 Å². The van der Waals surface area contributed by atoms with Crippen molar-refractivity contribution in [2.24, 2.45) is 0 Å². The van der Waals surface area contributed by atoms with Crippen LogP contribution in [0.3, 0.4) is 0 Å². The summed E-state index contributed by atoms with van der Waals surface area (Å²) in [5.41, 5.74) is 1.96. The predicted molar refractivity (Wildman–Crippen MR) is 101 cm³/mol. The smallest absolute Gasteiger partial charge is 0.234 e. The Morgan fingerprint density at radius 3 is 2.50 bits per heavy atom. The number of carbonyl (C=O) groups excluding carboxylic acids is 2. The summed E-state index contributed by atoms with van der Waals surface area (Å²) in [5, 5.41) is 16.3. The molecule has 0 fully saturated rings. The van der Waals surface area contributed by atoms with Gasteiger partial charge >= 0.3 is 0 Å². The third-order valence-electron chi connectivity index (χ3n) is 3.71. The lowest BCUT2D eigenvalue weighted by Crippen LogP contribution is -2.14. The van der Waals surface area contributed by atoms with Crippen LogP contribution in [0, 0.1) is 0 Å². The minimum Gasteiger partial charge on any atom is -0.325 e. The molecule has 1 N–H and O–H groups in total. The summed E-state index contributed by atoms with van der Waals surface area (Å²) in [6.07, 6.45) is 0. The van der Waals surface area contributed by atoms with Gasteiger partial charge in [0.2, 0.25) is 5.91 Å². The Hall–Kier alpha value is -2.74. The highest BCUT2D eigenvalue weighted by Crippen LogP contribution is 2.19. The van der Waals surface area contributed by atoms with Crippen molar-refractivity contribution in [1.82, 2.24) is 19.8 Å². The highest BCUT2D eigenvalue weighted by atomic mass is 32.2. The second-order valence-corrected chi connectivity index (χ2v) is 7.12. The van der Waals surface area contributed by atoms with E-state index in [-0.39, 0.29) is 23.4 Å². The number of nitrogens with zero attached hydrogens (tertiary/aromatic N) is 4. The molecule has 0 aliphatic rings. The number of hydrogen-bond donors (Lipinski definition) is 1. The molecule has 7 nitrogen and oxygen atoms in total. The van der Waals surface area contributed by atoms with Crippen LogP contribution in [0.4, 0.5) is 5.69 Å². The van der Waals surface area contributed by atoms with Gasteiger partial charge in [-0.1, -0.05) is 25.6 Å². The summed E-state index contributed by atoms with van der Waals surface area (Å²) >= 11 is 1.34. The average molecular weight is 369 g/mol. The lowest BCUT2D eigenvalue weighted by atomic mass is 10.1. The van der Waals surface area contributed by atoms with E-state index in [1.807, 2.05) is 26.0 Å². The zero-order valence-corrected chi connectivity index (χ0v) is 15.6. The summed E-state index contributed by atoms with van der Waals surface area (Å²) in [6.45, 7) is 5.57. The first kappa shape index (κ1) is 18.1. The van der Waals surface area contributed by atoms with Crippen molar-refractivity contribution in [2.45, 2.75) is 31.7 Å². The van der Waals surface area contributed by atoms with Crippen molar-refractivity contribution in [3.05, 3.63) is 47.8 Å². The Kier molecular flexibility index (Phi) is 5.32. The molecule has 3 aromatic rings. The van der Waals surface area contributed by atoms with E-state index in [0.717, 1.165) is 10.9 Å². The van der Waals surface area contributed by atoms with Crippen molar-refractivity contribution in [3.63, 3.8) is 0 Å². The fourth-order valence-corrected chi connectivity index (χ4v) is 3.01. The second-order valence-electron chi connectivity index (χ2n) is 6.12. The molecule has 0 spiro atoms. The van der Waals surface area contributed by atoms with Crippen molar-refractivity contribution in [1.29, 1.82) is 0 Å². The Morgan fingerprint density at radius 1 is 1.12 bits per heavy atom. The molecule has 0 bridgehead atoms. The van der Waals surface area contributed by atoms with Crippen LogP contribution in [0.15, 0.2) is 41.4 Å². The van der Waals surface area contributed by atoms with Crippen LogP contribution in [0.2, 0.25) is 0 Å². The number of nitrogens with one attached hydrogen (secondary N) is 1. The molecule has 2 heterocycles. The highest BCUT2D eigenvalue weighted by molar-refractivity contribution is 7.99. The number of aromatic nitrogens is 4. The second kappa shape index (κ2) is 7.65. The fraction of sp³-hybridized carbons (Fsp3) is 0.278. The van der Waals surface area contributed by atoms with E-state index in [0.29, 0.717) is 16.9 Å². The normalized spacial score (nSPS) is 11.1. The van der Waals surface area contributed by atoms with E-state index in [1.54, 1.807) is 28.8 Å². The minimum atomic E-state index is -0.139. The summed E-state index contributed by atoms with van der Waals surface area (Å²) in [4.78, 5) is 23.4. The zero-order chi connectivity index (χ0) is 18.7. The Bertz CT molecular complexity index is 950. The maximum absolute atomic E-state index is 12.1. The summed E-state index contributed by atoms with van der Waals surface area (Å²) < 4.78 is 1.71. The molecule has 2 aromatic heterocycles. The highest BCUT2D eigenvalue weighted by Gasteiger charge is 2.12. The van der Waals surface area contributed by atoms with Crippen LogP contribution in [0.25, 0.3) is 5.65 Å². The van der Waals surface area contributed by atoms with Crippen LogP contribution in [-0.2, 0) is 4.79 Å². The molecule has 0 aliphatic heterocycles. The molecule has 3 rings (SSSR count). The number of ketones is 1. The molecule has 1 aromatic carbocycles. The zero-order valence-electron chi connectivity index (χ0n) is 14.8. The number of thioether (sulfide) groups is 1. The molecule has 0 unspecified atom stereocenters. The molecule has 0 radical (unpaired) electrons. The van der Waals surface area contributed by atoms with Crippen molar-refractivity contribution >= 4 is 34.8 Å². The van der Waals surface area contributed by atoms with E-state index in [2.05, 4.69) is 20.6 Å². The largest absolute Gasteiger partial charge is 0.325 e. The predicted octanol–water partition coefficient (Wildman–Crippen LogP) is 3.18. The standard InChI is InChI=1S/C18H19N5O2S/c1-11(2)18-21-20-15-8-9-17(22-23(15)18)26-10-16(25)19-14-6-4-13(5-7-14)12(3)24/h4-9,11H,10H2,1-3H3,(H,19,25). The fourth-order valence-electron chi connectivity index (χ4n) is 2.35. The topological polar surface area (TPSA) is 89.2 Å². The summed E-state index contributed by atoms with van der Waals surface area (Å²) in [7, 11) is 0. The maximum Gasteiger partial charge on any atom is 0.234 e. The van der Waals surface area contributed by atoms with Crippen LogP contribution in [0.5, 0.6) is 0 Å². The third-order valence-corrected chi connectivity index (χ3v) is 4.63. The molecule has 8 heteroatoms.